The molecule has 1 aromatic heterocycles. The van der Waals surface area contributed by atoms with Gasteiger partial charge in [-0.2, -0.15) is 0 Å². The number of ether oxygens (including phenoxy) is 1. The fraction of sp³-hybridized carbons (Fsp3) is 0.412. The van der Waals surface area contributed by atoms with Crippen molar-refractivity contribution in [1.82, 2.24) is 14.8 Å². The van der Waals surface area contributed by atoms with Crippen molar-refractivity contribution < 1.29 is 14.3 Å². The number of likely N-dealkylation sites (N-methyl/N-ethyl adjacent to an activating group) is 2. The van der Waals surface area contributed by atoms with Crippen molar-refractivity contribution in [2.75, 3.05) is 27.7 Å². The molecule has 1 fully saturated rings. The van der Waals surface area contributed by atoms with Crippen molar-refractivity contribution in [3.8, 4) is 5.75 Å². The number of aromatic amines is 1. The molecule has 1 aliphatic heterocycles. The Labute approximate surface area is 135 Å². The number of carbonyl (C=O) groups is 2. The molecule has 0 bridgehead atoms. The van der Waals surface area contributed by atoms with Crippen LogP contribution in [0.5, 0.6) is 5.75 Å². The lowest BCUT2D eigenvalue weighted by atomic mass is 10.1. The quantitative estimate of drug-likeness (QED) is 0.928. The largest absolute Gasteiger partial charge is 0.497 e. The van der Waals surface area contributed by atoms with Gasteiger partial charge in [-0.3, -0.25) is 9.59 Å². The predicted octanol–water partition coefficient (Wildman–Crippen LogP) is 1.41. The minimum absolute atomic E-state index is 0.0152. The summed E-state index contributed by atoms with van der Waals surface area (Å²) in [5, 5.41) is 0.973. The maximum Gasteiger partial charge on any atom is 0.245 e. The molecule has 0 radical (unpaired) electrons. The summed E-state index contributed by atoms with van der Waals surface area (Å²) in [5.41, 5.74) is 1.88. The van der Waals surface area contributed by atoms with Crippen molar-refractivity contribution in [3.63, 3.8) is 0 Å². The van der Waals surface area contributed by atoms with Crippen LogP contribution >= 0.6 is 0 Å². The third-order valence-corrected chi connectivity index (χ3v) is 4.58. The number of nitrogens with zero attached hydrogens (tertiary/aromatic N) is 2. The number of aromatic nitrogens is 1. The molecule has 1 aliphatic rings. The normalized spacial score (nSPS) is 17.8. The van der Waals surface area contributed by atoms with Gasteiger partial charge in [0, 0.05) is 37.7 Å². The second kappa shape index (κ2) is 5.95. The molecule has 1 saturated heterocycles. The predicted molar refractivity (Wildman–Crippen MR) is 87.4 cm³/mol. The highest BCUT2D eigenvalue weighted by molar-refractivity contribution is 5.92. The van der Waals surface area contributed by atoms with Crippen LogP contribution in [0.1, 0.15) is 12.0 Å². The van der Waals surface area contributed by atoms with Gasteiger partial charge in [-0.1, -0.05) is 0 Å². The monoisotopic (exact) mass is 315 g/mol. The molecule has 0 aliphatic carbocycles. The maximum absolute atomic E-state index is 12.6. The van der Waals surface area contributed by atoms with Crippen LogP contribution in [0.15, 0.2) is 24.4 Å². The van der Waals surface area contributed by atoms with E-state index in [0.717, 1.165) is 22.2 Å². The Balaban J connectivity index is 1.79. The van der Waals surface area contributed by atoms with Gasteiger partial charge in [-0.05, 0) is 30.2 Å². The van der Waals surface area contributed by atoms with Crippen LogP contribution in [-0.4, -0.2) is 60.4 Å². The average Bonchev–Trinajstić information content (AvgIpc) is 3.10. The van der Waals surface area contributed by atoms with E-state index >= 15 is 0 Å². The number of rotatable bonds is 4. The third kappa shape index (κ3) is 2.76. The maximum atomic E-state index is 12.6. The lowest BCUT2D eigenvalue weighted by Gasteiger charge is -2.23. The number of hydrogen-bond acceptors (Lipinski definition) is 3. The zero-order valence-electron chi connectivity index (χ0n) is 13.6. The van der Waals surface area contributed by atoms with E-state index in [1.165, 1.54) is 0 Å². The van der Waals surface area contributed by atoms with Crippen LogP contribution in [0, 0.1) is 0 Å². The Bertz CT molecular complexity index is 753. The minimum Gasteiger partial charge on any atom is -0.497 e. The number of nitrogens with one attached hydrogen (secondary N) is 1. The molecule has 1 atom stereocenters. The number of benzene rings is 1. The molecule has 2 aromatic rings. The van der Waals surface area contributed by atoms with E-state index in [0.29, 0.717) is 13.0 Å². The molecular weight excluding hydrogens is 294 g/mol. The fourth-order valence-electron chi connectivity index (χ4n) is 3.06. The topological polar surface area (TPSA) is 65.6 Å². The lowest BCUT2D eigenvalue weighted by Crippen LogP contribution is -2.42. The van der Waals surface area contributed by atoms with Crippen molar-refractivity contribution in [2.24, 2.45) is 0 Å². The number of fused-ring (bicyclic) bond motifs is 1. The average molecular weight is 315 g/mol. The first kappa shape index (κ1) is 15.4. The first-order chi connectivity index (χ1) is 11.0. The van der Waals surface area contributed by atoms with E-state index in [1.807, 2.05) is 24.4 Å². The lowest BCUT2D eigenvalue weighted by molar-refractivity contribution is -0.139. The zero-order valence-corrected chi connectivity index (χ0v) is 13.6. The summed E-state index contributed by atoms with van der Waals surface area (Å²) in [6.45, 7) is 0.700. The van der Waals surface area contributed by atoms with Crippen LogP contribution in [0.4, 0.5) is 0 Å². The second-order valence-electron chi connectivity index (χ2n) is 5.97. The van der Waals surface area contributed by atoms with E-state index < -0.39 is 0 Å². The molecule has 1 aromatic carbocycles. The first-order valence-electron chi connectivity index (χ1n) is 7.66. The van der Waals surface area contributed by atoms with Gasteiger partial charge in [0.1, 0.15) is 11.8 Å². The molecule has 1 unspecified atom stereocenters. The highest BCUT2D eigenvalue weighted by atomic mass is 16.5. The zero-order chi connectivity index (χ0) is 16.6. The van der Waals surface area contributed by atoms with Crippen LogP contribution < -0.4 is 4.74 Å². The van der Waals surface area contributed by atoms with Crippen molar-refractivity contribution in [2.45, 2.75) is 18.9 Å². The van der Waals surface area contributed by atoms with E-state index in [1.54, 1.807) is 31.0 Å². The van der Waals surface area contributed by atoms with Crippen molar-refractivity contribution >= 4 is 22.7 Å². The Kier molecular flexibility index (Phi) is 3.98. The number of carbonyl (C=O) groups excluding carboxylic acids is 2. The van der Waals surface area contributed by atoms with E-state index in [-0.39, 0.29) is 24.3 Å². The summed E-state index contributed by atoms with van der Waals surface area (Å²) in [5.74, 6) is 0.718. The van der Waals surface area contributed by atoms with Gasteiger partial charge in [0.25, 0.3) is 0 Å². The van der Waals surface area contributed by atoms with E-state index in [2.05, 4.69) is 4.98 Å². The van der Waals surface area contributed by atoms with Gasteiger partial charge in [0.05, 0.1) is 13.5 Å². The van der Waals surface area contributed by atoms with Crippen LogP contribution in [0.25, 0.3) is 10.9 Å². The summed E-state index contributed by atoms with van der Waals surface area (Å²) in [6.07, 6.45) is 2.80. The molecular formula is C17H21N3O3. The standard InChI is InChI=1S/C17H21N3O3/c1-19-7-6-15(17(19)22)20(2)16(21)8-11-10-18-14-5-4-12(23-3)9-13(11)14/h4-5,9-10,15,18H,6-8H2,1-3H3. The molecule has 1 N–H and O–H groups in total. The van der Waals surface area contributed by atoms with Gasteiger partial charge in [-0.15, -0.1) is 0 Å². The molecule has 2 heterocycles. The van der Waals surface area contributed by atoms with Crippen LogP contribution in [-0.2, 0) is 16.0 Å². The molecule has 122 valence electrons. The van der Waals surface area contributed by atoms with E-state index in [9.17, 15) is 9.59 Å². The SMILES string of the molecule is COc1ccc2[nH]cc(CC(=O)N(C)C3CCN(C)C3=O)c2c1. The summed E-state index contributed by atoms with van der Waals surface area (Å²) in [4.78, 5) is 31.0. The highest BCUT2D eigenvalue weighted by Gasteiger charge is 2.34. The molecule has 3 rings (SSSR count). The number of hydrogen-bond donors (Lipinski definition) is 1. The number of H-pyrrole nitrogens is 1. The van der Waals surface area contributed by atoms with E-state index in [4.69, 9.17) is 4.74 Å². The first-order valence-corrected chi connectivity index (χ1v) is 7.66. The fourth-order valence-corrected chi connectivity index (χ4v) is 3.06. The minimum atomic E-state index is -0.341. The van der Waals surface area contributed by atoms with Gasteiger partial charge >= 0.3 is 0 Å². The Hall–Kier alpha value is -2.50. The summed E-state index contributed by atoms with van der Waals surface area (Å²) < 4.78 is 5.25. The highest BCUT2D eigenvalue weighted by Crippen LogP contribution is 2.25. The van der Waals surface area contributed by atoms with Crippen LogP contribution in [0.3, 0.4) is 0 Å². The van der Waals surface area contributed by atoms with Crippen LogP contribution in [0.2, 0.25) is 0 Å². The molecule has 23 heavy (non-hydrogen) atoms. The third-order valence-electron chi connectivity index (χ3n) is 4.58. The van der Waals surface area contributed by atoms with Gasteiger partial charge in [0.2, 0.25) is 11.8 Å². The Morgan fingerprint density at radius 3 is 2.91 bits per heavy atom. The molecule has 6 nitrogen and oxygen atoms in total. The molecule has 2 amide bonds. The number of likely N-dealkylation sites (tertiary alicyclic amines) is 1. The van der Waals surface area contributed by atoms with Gasteiger partial charge < -0.3 is 19.5 Å². The Morgan fingerprint density at radius 2 is 2.26 bits per heavy atom. The summed E-state index contributed by atoms with van der Waals surface area (Å²) in [6, 6.07) is 5.39. The number of methoxy groups -OCH3 is 1. The molecule has 6 heteroatoms. The number of amides is 2. The second-order valence-corrected chi connectivity index (χ2v) is 5.97. The molecule has 0 spiro atoms. The molecule has 0 saturated carbocycles. The van der Waals surface area contributed by atoms with Gasteiger partial charge in [0.15, 0.2) is 0 Å². The van der Waals surface area contributed by atoms with Crippen molar-refractivity contribution in [3.05, 3.63) is 30.0 Å². The smallest absolute Gasteiger partial charge is 0.245 e. The van der Waals surface area contributed by atoms with Gasteiger partial charge in [-0.25, -0.2) is 0 Å². The summed E-state index contributed by atoms with van der Waals surface area (Å²) in [7, 11) is 5.10. The Morgan fingerprint density at radius 1 is 1.48 bits per heavy atom. The van der Waals surface area contributed by atoms with Crippen molar-refractivity contribution in [1.29, 1.82) is 0 Å². The summed E-state index contributed by atoms with van der Waals surface area (Å²) >= 11 is 0.